The lowest BCUT2D eigenvalue weighted by molar-refractivity contribution is -0.135. The maximum absolute atomic E-state index is 14.1. The van der Waals surface area contributed by atoms with E-state index >= 15 is 0 Å². The Morgan fingerprint density at radius 3 is 2.32 bits per heavy atom. The van der Waals surface area contributed by atoms with E-state index < -0.39 is 53.2 Å². The van der Waals surface area contributed by atoms with Crippen molar-refractivity contribution in [1.82, 2.24) is 9.80 Å². The summed E-state index contributed by atoms with van der Waals surface area (Å²) >= 11 is 0. The number of imide groups is 1. The number of carbonyl (C=O) groups excluding carboxylic acids is 2. The molecular weight excluding hydrogens is 439 g/mol. The number of benzene rings is 2. The third kappa shape index (κ3) is 4.49. The number of halogens is 1. The van der Waals surface area contributed by atoms with Crippen molar-refractivity contribution in [3.05, 3.63) is 71.5 Å². The first kappa shape index (κ1) is 23.7. The predicted octanol–water partition coefficient (Wildman–Crippen LogP) is 4.52. The summed E-state index contributed by atoms with van der Waals surface area (Å²) in [6.07, 6.45) is -1.41. The van der Waals surface area contributed by atoms with Crippen molar-refractivity contribution in [2.45, 2.75) is 45.2 Å². The van der Waals surface area contributed by atoms with Crippen molar-refractivity contribution in [3.63, 3.8) is 0 Å². The van der Waals surface area contributed by atoms with Crippen LogP contribution in [0.2, 0.25) is 0 Å². The molecular formula is C26H29FN2O5. The Hall–Kier alpha value is -3.42. The zero-order valence-electron chi connectivity index (χ0n) is 19.5. The fourth-order valence-corrected chi connectivity index (χ4v) is 5.31. The molecule has 0 radical (unpaired) electrons. The molecule has 2 aromatic carbocycles. The summed E-state index contributed by atoms with van der Waals surface area (Å²) < 4.78 is 18.9. The molecule has 1 unspecified atom stereocenters. The standard InChI is InChI=1S/C26H29FN2O5/c1-26(2,3)22-21(20(14-28(22)24(31)32)17-9-11-18(27)12-10-17)23(30)29-19(15-34-25(29)33)13-16-7-5-4-6-8-16/h4-12,19-22H,13-15H2,1-3H3,(H,31,32)/t19-,20-,21-,22?/m1/s1. The van der Waals surface area contributed by atoms with Gasteiger partial charge in [-0.05, 0) is 35.1 Å². The van der Waals surface area contributed by atoms with E-state index in [1.54, 1.807) is 12.1 Å². The summed E-state index contributed by atoms with van der Waals surface area (Å²) in [7, 11) is 0. The highest BCUT2D eigenvalue weighted by Crippen LogP contribution is 2.46. The minimum Gasteiger partial charge on any atom is -0.465 e. The van der Waals surface area contributed by atoms with E-state index in [9.17, 15) is 23.9 Å². The SMILES string of the molecule is CC(C)(C)C1[C@H](C(=O)N2C(=O)OC[C@H]2Cc2ccccc2)[C@@H](c2ccc(F)cc2)CN1C(=O)O. The molecule has 0 spiro atoms. The molecule has 2 saturated heterocycles. The first-order valence-electron chi connectivity index (χ1n) is 11.4. The zero-order chi connectivity index (χ0) is 24.6. The van der Waals surface area contributed by atoms with Crippen molar-refractivity contribution in [2.24, 2.45) is 11.3 Å². The molecule has 4 atom stereocenters. The van der Waals surface area contributed by atoms with Crippen LogP contribution in [0.5, 0.6) is 0 Å². The van der Waals surface area contributed by atoms with Crippen molar-refractivity contribution in [1.29, 1.82) is 0 Å². The first-order valence-corrected chi connectivity index (χ1v) is 11.4. The second-order valence-electron chi connectivity index (χ2n) is 10.1. The lowest BCUT2D eigenvalue weighted by atomic mass is 9.74. The fourth-order valence-electron chi connectivity index (χ4n) is 5.31. The number of hydrogen-bond acceptors (Lipinski definition) is 4. The first-order chi connectivity index (χ1) is 16.1. The molecule has 3 amide bonds. The van der Waals surface area contributed by atoms with Gasteiger partial charge in [-0.1, -0.05) is 63.2 Å². The van der Waals surface area contributed by atoms with Crippen LogP contribution < -0.4 is 0 Å². The summed E-state index contributed by atoms with van der Waals surface area (Å²) in [4.78, 5) is 41.4. The van der Waals surface area contributed by atoms with Crippen LogP contribution in [0.15, 0.2) is 54.6 Å². The number of cyclic esters (lactones) is 1. The molecule has 34 heavy (non-hydrogen) atoms. The number of rotatable bonds is 4. The predicted molar refractivity (Wildman–Crippen MR) is 123 cm³/mol. The van der Waals surface area contributed by atoms with E-state index in [1.807, 2.05) is 51.1 Å². The van der Waals surface area contributed by atoms with E-state index in [0.29, 0.717) is 12.0 Å². The van der Waals surface area contributed by atoms with Gasteiger partial charge in [0, 0.05) is 12.5 Å². The van der Waals surface area contributed by atoms with E-state index in [2.05, 4.69) is 0 Å². The van der Waals surface area contributed by atoms with E-state index in [1.165, 1.54) is 17.0 Å². The molecule has 7 nitrogen and oxygen atoms in total. The molecule has 0 bridgehead atoms. The molecule has 0 aromatic heterocycles. The Kier molecular flexibility index (Phi) is 6.34. The van der Waals surface area contributed by atoms with Gasteiger partial charge in [0.2, 0.25) is 5.91 Å². The highest BCUT2D eigenvalue weighted by atomic mass is 19.1. The Bertz CT molecular complexity index is 1070. The third-order valence-corrected chi connectivity index (χ3v) is 6.73. The molecule has 2 aliphatic rings. The normalized spacial score (nSPS) is 24.9. The van der Waals surface area contributed by atoms with Crippen LogP contribution in [0.25, 0.3) is 0 Å². The van der Waals surface area contributed by atoms with Crippen molar-refractivity contribution in [3.8, 4) is 0 Å². The monoisotopic (exact) mass is 468 g/mol. The number of ether oxygens (including phenoxy) is 1. The van der Waals surface area contributed by atoms with Crippen LogP contribution in [0.1, 0.15) is 37.8 Å². The second-order valence-corrected chi connectivity index (χ2v) is 10.1. The number of carboxylic acid groups (broad SMARTS) is 1. The van der Waals surface area contributed by atoms with Crippen LogP contribution >= 0.6 is 0 Å². The Morgan fingerprint density at radius 2 is 1.74 bits per heavy atom. The molecule has 2 fully saturated rings. The average molecular weight is 469 g/mol. The van der Waals surface area contributed by atoms with Crippen LogP contribution in [0.3, 0.4) is 0 Å². The van der Waals surface area contributed by atoms with Gasteiger partial charge in [-0.2, -0.15) is 0 Å². The lowest BCUT2D eigenvalue weighted by Gasteiger charge is -2.38. The van der Waals surface area contributed by atoms with Gasteiger partial charge >= 0.3 is 12.2 Å². The van der Waals surface area contributed by atoms with E-state index in [0.717, 1.165) is 10.5 Å². The summed E-state index contributed by atoms with van der Waals surface area (Å²) in [6.45, 7) is 5.79. The molecule has 4 rings (SSSR count). The number of amides is 3. The molecule has 0 saturated carbocycles. The van der Waals surface area contributed by atoms with Gasteiger partial charge in [-0.15, -0.1) is 0 Å². The van der Waals surface area contributed by atoms with Crippen LogP contribution in [-0.2, 0) is 16.0 Å². The summed E-state index contributed by atoms with van der Waals surface area (Å²) in [5.41, 5.74) is 1.03. The number of carbonyl (C=O) groups is 3. The van der Waals surface area contributed by atoms with Gasteiger partial charge < -0.3 is 14.7 Å². The smallest absolute Gasteiger partial charge is 0.416 e. The topological polar surface area (TPSA) is 87.2 Å². The number of likely N-dealkylation sites (tertiary alicyclic amines) is 1. The van der Waals surface area contributed by atoms with Crippen molar-refractivity contribution < 1.29 is 28.6 Å². The number of hydrogen-bond donors (Lipinski definition) is 1. The fraction of sp³-hybridized carbons (Fsp3) is 0.423. The lowest BCUT2D eigenvalue weighted by Crippen LogP contribution is -2.52. The Labute approximate surface area is 198 Å². The molecule has 0 aliphatic carbocycles. The minimum atomic E-state index is -1.13. The molecule has 1 N–H and O–H groups in total. The van der Waals surface area contributed by atoms with Gasteiger partial charge in [0.05, 0.1) is 18.0 Å². The number of nitrogens with zero attached hydrogens (tertiary/aromatic N) is 2. The van der Waals surface area contributed by atoms with Crippen molar-refractivity contribution in [2.75, 3.05) is 13.2 Å². The van der Waals surface area contributed by atoms with Crippen LogP contribution in [0, 0.1) is 17.2 Å². The Morgan fingerprint density at radius 1 is 1.09 bits per heavy atom. The van der Waals surface area contributed by atoms with Gasteiger partial charge in [-0.25, -0.2) is 18.9 Å². The highest BCUT2D eigenvalue weighted by Gasteiger charge is 2.56. The van der Waals surface area contributed by atoms with E-state index in [4.69, 9.17) is 4.74 Å². The third-order valence-electron chi connectivity index (χ3n) is 6.73. The van der Waals surface area contributed by atoms with E-state index in [-0.39, 0.29) is 13.2 Å². The Balaban J connectivity index is 1.74. The maximum Gasteiger partial charge on any atom is 0.416 e. The zero-order valence-corrected chi connectivity index (χ0v) is 19.5. The summed E-state index contributed by atoms with van der Waals surface area (Å²) in [5.74, 6) is -2.23. The average Bonchev–Trinajstić information content (AvgIpc) is 3.36. The summed E-state index contributed by atoms with van der Waals surface area (Å²) in [5, 5.41) is 9.97. The highest BCUT2D eigenvalue weighted by molar-refractivity contribution is 5.96. The van der Waals surface area contributed by atoms with Gasteiger partial charge in [0.25, 0.3) is 0 Å². The van der Waals surface area contributed by atoms with Crippen molar-refractivity contribution >= 4 is 18.1 Å². The molecule has 2 heterocycles. The quantitative estimate of drug-likeness (QED) is 0.713. The molecule has 180 valence electrons. The second kappa shape index (κ2) is 9.08. The van der Waals surface area contributed by atoms with Crippen LogP contribution in [0.4, 0.5) is 14.0 Å². The van der Waals surface area contributed by atoms with Gasteiger partial charge in [0.15, 0.2) is 0 Å². The van der Waals surface area contributed by atoms with Crippen LogP contribution in [-0.4, -0.2) is 58.2 Å². The molecule has 8 heteroatoms. The molecule has 2 aliphatic heterocycles. The maximum atomic E-state index is 14.1. The molecule has 2 aromatic rings. The largest absolute Gasteiger partial charge is 0.465 e. The van der Waals surface area contributed by atoms with Gasteiger partial charge in [-0.3, -0.25) is 4.79 Å². The minimum absolute atomic E-state index is 0.0749. The summed E-state index contributed by atoms with van der Waals surface area (Å²) in [6, 6.07) is 14.1. The van der Waals surface area contributed by atoms with Gasteiger partial charge in [0.1, 0.15) is 12.4 Å².